The third kappa shape index (κ3) is 2.14. The summed E-state index contributed by atoms with van der Waals surface area (Å²) in [5.74, 6) is -0.347. The third-order valence-corrected chi connectivity index (χ3v) is 2.35. The van der Waals surface area contributed by atoms with Gasteiger partial charge in [0.1, 0.15) is 11.3 Å². The Morgan fingerprint density at radius 1 is 1.44 bits per heavy atom. The van der Waals surface area contributed by atoms with Gasteiger partial charge in [0.2, 0.25) is 0 Å². The number of carbonyl (C=O) groups is 1. The summed E-state index contributed by atoms with van der Waals surface area (Å²) in [6.45, 7) is 0. The lowest BCUT2D eigenvalue weighted by atomic mass is 10.1. The molecule has 0 saturated carbocycles. The number of aromatic carboxylic acids is 1. The summed E-state index contributed by atoms with van der Waals surface area (Å²) < 4.78 is 5.22. The average Bonchev–Trinajstić information content (AvgIpc) is 2.28. The van der Waals surface area contributed by atoms with Gasteiger partial charge >= 0.3 is 5.97 Å². The molecule has 82 valence electrons. The number of pyridine rings is 1. The molecule has 2 rings (SSSR count). The molecule has 1 N–H and O–H groups in total. The van der Waals surface area contributed by atoms with Gasteiger partial charge in [0.15, 0.2) is 0 Å². The molecule has 2 aromatic rings. The van der Waals surface area contributed by atoms with E-state index in [2.05, 4.69) is 20.9 Å². The van der Waals surface area contributed by atoms with Crippen LogP contribution in [0.2, 0.25) is 0 Å². The van der Waals surface area contributed by atoms with E-state index in [0.717, 1.165) is 10.9 Å². The quantitative estimate of drug-likeness (QED) is 0.879. The van der Waals surface area contributed by atoms with Gasteiger partial charge in [-0.2, -0.15) is 0 Å². The minimum absolute atomic E-state index is 0.241. The van der Waals surface area contributed by atoms with Gasteiger partial charge in [-0.1, -0.05) is 0 Å². The van der Waals surface area contributed by atoms with Crippen molar-refractivity contribution in [3.05, 3.63) is 36.0 Å². The first-order chi connectivity index (χ1) is 7.70. The zero-order valence-corrected chi connectivity index (χ0v) is 9.77. The average molecular weight is 282 g/mol. The van der Waals surface area contributed by atoms with Crippen LogP contribution in [0, 0.1) is 0 Å². The monoisotopic (exact) mass is 281 g/mol. The van der Waals surface area contributed by atoms with E-state index in [4.69, 9.17) is 9.84 Å². The van der Waals surface area contributed by atoms with Gasteiger partial charge in [-0.15, -0.1) is 0 Å². The number of alkyl halides is 1. The molecule has 0 amide bonds. The van der Waals surface area contributed by atoms with Crippen molar-refractivity contribution >= 4 is 32.8 Å². The highest BCUT2D eigenvalue weighted by Gasteiger charge is 2.05. The number of carboxylic acid groups (broad SMARTS) is 1. The number of benzene rings is 1. The van der Waals surface area contributed by atoms with E-state index in [9.17, 15) is 4.79 Å². The maximum absolute atomic E-state index is 10.8. The molecule has 0 aliphatic rings. The van der Waals surface area contributed by atoms with Crippen LogP contribution in [0.1, 0.15) is 10.4 Å². The second kappa shape index (κ2) is 4.49. The summed E-state index contributed by atoms with van der Waals surface area (Å²) in [7, 11) is 0. The van der Waals surface area contributed by atoms with Crippen LogP contribution in [0.15, 0.2) is 30.5 Å². The van der Waals surface area contributed by atoms with Crippen LogP contribution in [0.5, 0.6) is 5.75 Å². The highest BCUT2D eigenvalue weighted by atomic mass is 79.9. The Hall–Kier alpha value is -1.62. The van der Waals surface area contributed by atoms with Crippen LogP contribution in [-0.4, -0.2) is 21.6 Å². The number of rotatable bonds is 3. The Morgan fingerprint density at radius 3 is 2.94 bits per heavy atom. The summed E-state index contributed by atoms with van der Waals surface area (Å²) in [6.07, 6.45) is 1.60. The molecule has 0 aliphatic carbocycles. The van der Waals surface area contributed by atoms with Crippen LogP contribution >= 0.6 is 15.9 Å². The number of aromatic nitrogens is 1. The molecule has 1 aromatic carbocycles. The van der Waals surface area contributed by atoms with Crippen molar-refractivity contribution in [2.24, 2.45) is 0 Å². The Bertz CT molecular complexity index is 542. The molecule has 0 saturated heterocycles. The van der Waals surface area contributed by atoms with E-state index in [-0.39, 0.29) is 5.56 Å². The molecule has 0 bridgehead atoms. The maximum atomic E-state index is 10.8. The fourth-order valence-electron chi connectivity index (χ4n) is 1.39. The summed E-state index contributed by atoms with van der Waals surface area (Å²) in [4.78, 5) is 15.0. The molecule has 5 heteroatoms. The zero-order valence-electron chi connectivity index (χ0n) is 8.18. The third-order valence-electron chi connectivity index (χ3n) is 2.12. The van der Waals surface area contributed by atoms with E-state index in [1.54, 1.807) is 24.4 Å². The van der Waals surface area contributed by atoms with Crippen LogP contribution in [0.3, 0.4) is 0 Å². The highest BCUT2D eigenvalue weighted by molar-refractivity contribution is 9.09. The van der Waals surface area contributed by atoms with Crippen molar-refractivity contribution in [2.75, 3.05) is 5.52 Å². The lowest BCUT2D eigenvalue weighted by Crippen LogP contribution is -1.96. The SMILES string of the molecule is O=C(O)c1ccc2ncc(OCBr)cc2c1. The molecular weight excluding hydrogens is 274 g/mol. The number of fused-ring (bicyclic) bond motifs is 1. The Kier molecular flexibility index (Phi) is 3.05. The van der Waals surface area contributed by atoms with E-state index in [1.807, 2.05) is 0 Å². The molecule has 1 heterocycles. The van der Waals surface area contributed by atoms with Crippen molar-refractivity contribution in [2.45, 2.75) is 0 Å². The number of halogens is 1. The largest absolute Gasteiger partial charge is 0.481 e. The van der Waals surface area contributed by atoms with E-state index in [0.29, 0.717) is 11.3 Å². The van der Waals surface area contributed by atoms with Crippen molar-refractivity contribution in [1.29, 1.82) is 0 Å². The zero-order chi connectivity index (χ0) is 11.5. The first-order valence-electron chi connectivity index (χ1n) is 4.52. The van der Waals surface area contributed by atoms with E-state index in [1.165, 1.54) is 6.07 Å². The number of nitrogens with zero attached hydrogens (tertiary/aromatic N) is 1. The first-order valence-corrected chi connectivity index (χ1v) is 5.65. The molecule has 0 atom stereocenters. The molecule has 0 radical (unpaired) electrons. The van der Waals surface area contributed by atoms with E-state index < -0.39 is 5.97 Å². The fraction of sp³-hybridized carbons (Fsp3) is 0.0909. The van der Waals surface area contributed by atoms with Crippen LogP contribution in [-0.2, 0) is 0 Å². The predicted octanol–water partition coefficient (Wildman–Crippen LogP) is 2.66. The van der Waals surface area contributed by atoms with Crippen molar-refractivity contribution in [1.82, 2.24) is 4.98 Å². The van der Waals surface area contributed by atoms with E-state index >= 15 is 0 Å². The Labute approximate surface area is 100.0 Å². The second-order valence-electron chi connectivity index (χ2n) is 3.14. The standard InChI is InChI=1S/C11H8BrNO3/c12-6-16-9-4-8-3-7(11(14)15)1-2-10(8)13-5-9/h1-5H,6H2,(H,14,15). The number of hydrogen-bond donors (Lipinski definition) is 1. The number of ether oxygens (including phenoxy) is 1. The summed E-state index contributed by atoms with van der Waals surface area (Å²) in [6, 6.07) is 6.54. The minimum Gasteiger partial charge on any atom is -0.481 e. The smallest absolute Gasteiger partial charge is 0.335 e. The second-order valence-corrected chi connectivity index (χ2v) is 3.59. The van der Waals surface area contributed by atoms with Crippen molar-refractivity contribution < 1.29 is 14.6 Å². The van der Waals surface area contributed by atoms with Gasteiger partial charge in [-0.05, 0) is 40.2 Å². The van der Waals surface area contributed by atoms with Gasteiger partial charge in [-0.25, -0.2) is 4.79 Å². The lowest BCUT2D eigenvalue weighted by Gasteiger charge is -2.03. The van der Waals surface area contributed by atoms with Crippen LogP contribution in [0.4, 0.5) is 0 Å². The molecule has 0 unspecified atom stereocenters. The molecule has 0 spiro atoms. The van der Waals surface area contributed by atoms with Crippen LogP contribution < -0.4 is 4.74 Å². The Morgan fingerprint density at radius 2 is 2.25 bits per heavy atom. The minimum atomic E-state index is -0.950. The number of carboxylic acids is 1. The molecule has 1 aromatic heterocycles. The van der Waals surface area contributed by atoms with Crippen LogP contribution in [0.25, 0.3) is 10.9 Å². The van der Waals surface area contributed by atoms with Gasteiger partial charge in [0.05, 0.1) is 17.3 Å². The van der Waals surface area contributed by atoms with Gasteiger partial charge in [-0.3, -0.25) is 4.98 Å². The fourth-order valence-corrected chi connectivity index (χ4v) is 1.65. The topological polar surface area (TPSA) is 59.4 Å². The molecule has 0 aliphatic heterocycles. The van der Waals surface area contributed by atoms with Crippen molar-refractivity contribution in [3.8, 4) is 5.75 Å². The number of hydrogen-bond acceptors (Lipinski definition) is 3. The lowest BCUT2D eigenvalue weighted by molar-refractivity contribution is 0.0697. The summed E-state index contributed by atoms with van der Waals surface area (Å²) >= 11 is 3.14. The van der Waals surface area contributed by atoms with Gasteiger partial charge in [0, 0.05) is 5.39 Å². The normalized spacial score (nSPS) is 10.3. The van der Waals surface area contributed by atoms with Gasteiger partial charge < -0.3 is 9.84 Å². The molecule has 0 fully saturated rings. The highest BCUT2D eigenvalue weighted by Crippen LogP contribution is 2.20. The summed E-state index contributed by atoms with van der Waals surface area (Å²) in [5.41, 5.74) is 1.36. The summed E-state index contributed by atoms with van der Waals surface area (Å²) in [5, 5.41) is 9.61. The molecule has 4 nitrogen and oxygen atoms in total. The molecule has 16 heavy (non-hydrogen) atoms. The first kappa shape index (κ1) is 10.9. The predicted molar refractivity (Wildman–Crippen MR) is 63.1 cm³/mol. The van der Waals surface area contributed by atoms with Crippen molar-refractivity contribution in [3.63, 3.8) is 0 Å². The molecular formula is C11H8BrNO3. The Balaban J connectivity index is 2.52. The van der Waals surface area contributed by atoms with Gasteiger partial charge in [0.25, 0.3) is 0 Å². The maximum Gasteiger partial charge on any atom is 0.335 e.